The number of hydrogen-bond donors (Lipinski definition) is 3. The molecule has 0 saturated heterocycles. The Kier molecular flexibility index (Phi) is 5.45. The van der Waals surface area contributed by atoms with Gasteiger partial charge < -0.3 is 13.7 Å². The van der Waals surface area contributed by atoms with Crippen LogP contribution in [0.5, 0.6) is 12.0 Å². The molecule has 18 heavy (non-hydrogen) atoms. The maximum absolute atomic E-state index is 10.6. The zero-order valence-corrected chi connectivity index (χ0v) is 11.5. The zero-order valence-electron chi connectivity index (χ0n) is 9.82. The molecule has 3 N–H and O–H groups in total. The Morgan fingerprint density at radius 3 is 2.67 bits per heavy atom. The van der Waals surface area contributed by atoms with Crippen LogP contribution in [0.1, 0.15) is 13.8 Å². The van der Waals surface area contributed by atoms with E-state index < -0.39 is 13.9 Å². The molecule has 0 aliphatic rings. The second-order valence-electron chi connectivity index (χ2n) is 3.21. The standard InChI is InChI=1S/C7H13N2O7PS/c1-4(2)14-6-5(18-9-13-3)8-7(15-6)16-17(10,11)12/h4,9H,1-3H3,(H2,10,11,12). The minimum absolute atomic E-state index is 0.0250. The fourth-order valence-corrected chi connectivity index (χ4v) is 1.59. The van der Waals surface area contributed by atoms with Crippen LogP contribution < -0.4 is 14.1 Å². The SMILES string of the molecule is CONSc1nc(OP(=O)(O)O)oc1OC(C)C. The summed E-state index contributed by atoms with van der Waals surface area (Å²) in [7, 11) is -3.33. The highest BCUT2D eigenvalue weighted by atomic mass is 32.2. The van der Waals surface area contributed by atoms with Crippen molar-refractivity contribution >= 4 is 19.8 Å². The number of rotatable bonds is 7. The molecule has 0 aliphatic heterocycles. The maximum atomic E-state index is 10.6. The molecule has 0 amide bonds. The first-order valence-electron chi connectivity index (χ1n) is 4.69. The van der Waals surface area contributed by atoms with E-state index in [0.29, 0.717) is 0 Å². The Balaban J connectivity index is 2.88. The van der Waals surface area contributed by atoms with Crippen molar-refractivity contribution in [2.75, 3.05) is 7.11 Å². The Morgan fingerprint density at radius 1 is 1.50 bits per heavy atom. The van der Waals surface area contributed by atoms with Crippen molar-refractivity contribution in [3.8, 4) is 12.0 Å². The predicted octanol–water partition coefficient (Wildman–Crippen LogP) is 1.09. The first-order valence-corrected chi connectivity index (χ1v) is 7.04. The van der Waals surface area contributed by atoms with E-state index in [0.717, 1.165) is 11.9 Å². The molecule has 1 heterocycles. The van der Waals surface area contributed by atoms with Crippen LogP contribution in [-0.2, 0) is 9.40 Å². The maximum Gasteiger partial charge on any atom is 0.528 e. The van der Waals surface area contributed by atoms with Gasteiger partial charge in [0.1, 0.15) is 0 Å². The normalized spacial score (nSPS) is 11.9. The van der Waals surface area contributed by atoms with Gasteiger partial charge in [-0.05, 0) is 13.8 Å². The van der Waals surface area contributed by atoms with Crippen molar-refractivity contribution < 1.29 is 32.9 Å². The Bertz CT molecular complexity index is 431. The van der Waals surface area contributed by atoms with Gasteiger partial charge in [-0.15, -0.1) is 4.89 Å². The van der Waals surface area contributed by atoms with Crippen LogP contribution in [0.25, 0.3) is 0 Å². The number of ether oxygens (including phenoxy) is 1. The quantitative estimate of drug-likeness (QED) is 0.383. The largest absolute Gasteiger partial charge is 0.528 e. The number of phosphoric acid groups is 1. The number of nitrogens with zero attached hydrogens (tertiary/aromatic N) is 1. The van der Waals surface area contributed by atoms with Gasteiger partial charge in [-0.25, -0.2) is 4.57 Å². The van der Waals surface area contributed by atoms with Crippen molar-refractivity contribution in [3.63, 3.8) is 0 Å². The molecule has 0 bridgehead atoms. The van der Waals surface area contributed by atoms with Crippen molar-refractivity contribution in [1.29, 1.82) is 0 Å². The van der Waals surface area contributed by atoms with Crippen molar-refractivity contribution in [2.24, 2.45) is 0 Å². The Hall–Kier alpha value is -0.770. The molecule has 104 valence electrons. The van der Waals surface area contributed by atoms with E-state index in [4.69, 9.17) is 18.9 Å². The van der Waals surface area contributed by atoms with E-state index in [1.165, 1.54) is 7.11 Å². The molecule has 0 fully saturated rings. The van der Waals surface area contributed by atoms with Crippen LogP contribution in [0.4, 0.5) is 0 Å². The van der Waals surface area contributed by atoms with Crippen LogP contribution in [0.15, 0.2) is 9.44 Å². The van der Waals surface area contributed by atoms with Gasteiger partial charge in [-0.2, -0.15) is 4.98 Å². The van der Waals surface area contributed by atoms with Gasteiger partial charge in [-0.1, -0.05) is 0 Å². The Labute approximate surface area is 107 Å². The lowest BCUT2D eigenvalue weighted by molar-refractivity contribution is 0.159. The number of aromatic nitrogens is 1. The minimum atomic E-state index is -4.73. The first-order chi connectivity index (χ1) is 8.31. The van der Waals surface area contributed by atoms with E-state index in [-0.39, 0.29) is 17.1 Å². The number of nitrogens with one attached hydrogen (secondary N) is 1. The summed E-state index contributed by atoms with van der Waals surface area (Å²) in [6.45, 7) is 3.51. The topological polar surface area (TPSA) is 123 Å². The first kappa shape index (κ1) is 15.3. The third kappa shape index (κ3) is 5.25. The van der Waals surface area contributed by atoms with Gasteiger partial charge in [0, 0.05) is 11.9 Å². The molecule has 1 rings (SSSR count). The summed E-state index contributed by atoms with van der Waals surface area (Å²) in [5, 5.41) is 0.189. The predicted molar refractivity (Wildman–Crippen MR) is 60.9 cm³/mol. The minimum Gasteiger partial charge on any atom is -0.460 e. The third-order valence-electron chi connectivity index (χ3n) is 1.31. The lowest BCUT2D eigenvalue weighted by Crippen LogP contribution is -2.06. The van der Waals surface area contributed by atoms with Crippen LogP contribution in [0.2, 0.25) is 0 Å². The summed E-state index contributed by atoms with van der Waals surface area (Å²) in [5.74, 6) is -0.0250. The summed E-state index contributed by atoms with van der Waals surface area (Å²) in [6, 6.07) is 0. The van der Waals surface area contributed by atoms with E-state index in [1.807, 2.05) is 0 Å². The van der Waals surface area contributed by atoms with E-state index in [2.05, 4.69) is 19.2 Å². The molecular formula is C7H13N2O7PS. The highest BCUT2D eigenvalue weighted by molar-refractivity contribution is 7.97. The average molecular weight is 300 g/mol. The highest BCUT2D eigenvalue weighted by Gasteiger charge is 2.24. The van der Waals surface area contributed by atoms with Crippen LogP contribution >= 0.6 is 19.8 Å². The second kappa shape index (κ2) is 6.41. The number of hydrogen-bond acceptors (Lipinski definition) is 8. The Morgan fingerprint density at radius 2 is 2.17 bits per heavy atom. The summed E-state index contributed by atoms with van der Waals surface area (Å²) < 4.78 is 25.0. The van der Waals surface area contributed by atoms with Crippen LogP contribution in [-0.4, -0.2) is 28.0 Å². The molecule has 1 aromatic rings. The molecule has 1 aromatic heterocycles. The monoisotopic (exact) mass is 300 g/mol. The van der Waals surface area contributed by atoms with E-state index in [9.17, 15) is 4.57 Å². The molecular weight excluding hydrogens is 287 g/mol. The van der Waals surface area contributed by atoms with Crippen molar-refractivity contribution in [1.82, 2.24) is 9.87 Å². The fourth-order valence-electron chi connectivity index (χ4n) is 0.849. The smallest absolute Gasteiger partial charge is 0.460 e. The van der Waals surface area contributed by atoms with Gasteiger partial charge in [0.2, 0.25) is 5.03 Å². The molecule has 0 atom stereocenters. The van der Waals surface area contributed by atoms with Gasteiger partial charge in [0.25, 0.3) is 0 Å². The third-order valence-corrected chi connectivity index (χ3v) is 2.40. The number of oxazole rings is 1. The lowest BCUT2D eigenvalue weighted by Gasteiger charge is -2.06. The molecule has 0 aliphatic carbocycles. The van der Waals surface area contributed by atoms with Gasteiger partial charge in [0.05, 0.1) is 13.2 Å². The molecule has 0 unspecified atom stereocenters. The van der Waals surface area contributed by atoms with Crippen LogP contribution in [0, 0.1) is 0 Å². The van der Waals surface area contributed by atoms with E-state index >= 15 is 0 Å². The van der Waals surface area contributed by atoms with Gasteiger partial charge in [0.15, 0.2) is 0 Å². The molecule has 9 nitrogen and oxygen atoms in total. The fraction of sp³-hybridized carbons (Fsp3) is 0.571. The lowest BCUT2D eigenvalue weighted by atomic mass is 10.5. The number of phosphoric ester groups is 1. The molecule has 0 spiro atoms. The van der Waals surface area contributed by atoms with Gasteiger partial charge in [-0.3, -0.25) is 14.6 Å². The van der Waals surface area contributed by atoms with Crippen molar-refractivity contribution in [3.05, 3.63) is 0 Å². The van der Waals surface area contributed by atoms with E-state index in [1.54, 1.807) is 13.8 Å². The summed E-state index contributed by atoms with van der Waals surface area (Å²) in [5.41, 5.74) is 0. The van der Waals surface area contributed by atoms with Crippen molar-refractivity contribution in [2.45, 2.75) is 25.0 Å². The summed E-state index contributed by atoms with van der Waals surface area (Å²) in [4.78, 5) is 28.0. The summed E-state index contributed by atoms with van der Waals surface area (Å²) >= 11 is 0.901. The molecule has 0 radical (unpaired) electrons. The average Bonchev–Trinajstić information content (AvgIpc) is 2.53. The second-order valence-corrected chi connectivity index (χ2v) is 5.13. The zero-order chi connectivity index (χ0) is 13.8. The molecule has 0 aromatic carbocycles. The molecule has 0 saturated carbocycles. The van der Waals surface area contributed by atoms with Gasteiger partial charge >= 0.3 is 19.8 Å². The highest BCUT2D eigenvalue weighted by Crippen LogP contribution is 2.41. The van der Waals surface area contributed by atoms with Crippen LogP contribution in [0.3, 0.4) is 0 Å². The summed E-state index contributed by atoms with van der Waals surface area (Å²) in [6.07, 6.45) is -0.790. The molecule has 11 heteroatoms.